The number of fused-ring (bicyclic) bond motifs is 1. The van der Waals surface area contributed by atoms with Crippen molar-refractivity contribution in [3.05, 3.63) is 36.1 Å². The van der Waals surface area contributed by atoms with Gasteiger partial charge in [-0.3, -0.25) is 4.90 Å². The normalized spacial score (nSPS) is 29.7. The summed E-state index contributed by atoms with van der Waals surface area (Å²) in [5.74, 6) is 1.71. The molecular formula is C25H42N2. The summed E-state index contributed by atoms with van der Waals surface area (Å²) >= 11 is 0. The summed E-state index contributed by atoms with van der Waals surface area (Å²) in [6.45, 7) is 11.4. The van der Waals surface area contributed by atoms with Gasteiger partial charge in [-0.15, -0.1) is 0 Å². The molecule has 1 saturated carbocycles. The van der Waals surface area contributed by atoms with Crippen LogP contribution in [0, 0.1) is 11.8 Å². The zero-order valence-electron chi connectivity index (χ0n) is 17.9. The Balaban J connectivity index is 1.30. The highest BCUT2D eigenvalue weighted by atomic mass is 15.2. The molecule has 152 valence electrons. The molecule has 0 aromatic rings. The first-order valence-electron chi connectivity index (χ1n) is 11.7. The molecule has 27 heavy (non-hydrogen) atoms. The van der Waals surface area contributed by atoms with E-state index in [0.717, 1.165) is 37.4 Å². The summed E-state index contributed by atoms with van der Waals surface area (Å²) in [6.07, 6.45) is 21.8. The lowest BCUT2D eigenvalue weighted by molar-refractivity contribution is 0.0282. The number of likely N-dealkylation sites (tertiary alicyclic amines) is 1. The van der Waals surface area contributed by atoms with Crippen molar-refractivity contribution in [3.63, 3.8) is 0 Å². The van der Waals surface area contributed by atoms with Crippen LogP contribution in [0.15, 0.2) is 36.1 Å². The van der Waals surface area contributed by atoms with Crippen molar-refractivity contribution in [1.29, 1.82) is 0 Å². The van der Waals surface area contributed by atoms with Gasteiger partial charge in [0.1, 0.15) is 0 Å². The first-order chi connectivity index (χ1) is 13.1. The van der Waals surface area contributed by atoms with Crippen molar-refractivity contribution in [2.24, 2.45) is 11.8 Å². The third-order valence-corrected chi connectivity index (χ3v) is 7.13. The van der Waals surface area contributed by atoms with Crippen LogP contribution in [-0.4, -0.2) is 30.1 Å². The van der Waals surface area contributed by atoms with E-state index in [0.29, 0.717) is 5.92 Å². The Morgan fingerprint density at radius 3 is 2.89 bits per heavy atom. The lowest BCUT2D eigenvalue weighted by Crippen LogP contribution is -2.50. The van der Waals surface area contributed by atoms with E-state index in [1.807, 2.05) is 0 Å². The summed E-state index contributed by atoms with van der Waals surface area (Å²) < 4.78 is 0. The molecule has 0 bridgehead atoms. The molecule has 4 unspecified atom stereocenters. The smallest absolute Gasteiger partial charge is 0.0184 e. The molecule has 0 amide bonds. The molecule has 2 nitrogen and oxygen atoms in total. The number of rotatable bonds is 9. The zero-order valence-corrected chi connectivity index (χ0v) is 17.9. The molecule has 0 spiro atoms. The topological polar surface area (TPSA) is 15.3 Å². The summed E-state index contributed by atoms with van der Waals surface area (Å²) in [5, 5.41) is 3.56. The molecule has 2 fully saturated rings. The van der Waals surface area contributed by atoms with Crippen LogP contribution in [0.25, 0.3) is 0 Å². The number of nitrogens with one attached hydrogen (secondary N) is 1. The van der Waals surface area contributed by atoms with E-state index >= 15 is 0 Å². The molecule has 3 aliphatic rings. The molecule has 4 atom stereocenters. The van der Waals surface area contributed by atoms with Gasteiger partial charge in [0.15, 0.2) is 0 Å². The van der Waals surface area contributed by atoms with Crippen LogP contribution in [0.1, 0.15) is 84.5 Å². The Hall–Kier alpha value is -1.02. The molecule has 1 aliphatic heterocycles. The van der Waals surface area contributed by atoms with Crippen LogP contribution in [0.2, 0.25) is 0 Å². The molecule has 1 heterocycles. The Morgan fingerprint density at radius 1 is 1.26 bits per heavy atom. The summed E-state index contributed by atoms with van der Waals surface area (Å²) in [4.78, 5) is 2.87. The lowest BCUT2D eigenvalue weighted by Gasteiger charge is -2.47. The lowest BCUT2D eigenvalue weighted by atomic mass is 9.77. The van der Waals surface area contributed by atoms with Gasteiger partial charge in [0.2, 0.25) is 0 Å². The van der Waals surface area contributed by atoms with Gasteiger partial charge < -0.3 is 5.32 Å². The van der Waals surface area contributed by atoms with Crippen LogP contribution in [-0.2, 0) is 0 Å². The van der Waals surface area contributed by atoms with Crippen molar-refractivity contribution in [2.75, 3.05) is 13.1 Å². The maximum atomic E-state index is 4.26. The molecule has 3 rings (SSSR count). The second-order valence-corrected chi connectivity index (χ2v) is 9.36. The largest absolute Gasteiger partial charge is 0.388 e. The third kappa shape index (κ3) is 6.24. The van der Waals surface area contributed by atoms with E-state index in [4.69, 9.17) is 0 Å². The number of hydrogen-bond acceptors (Lipinski definition) is 2. The summed E-state index contributed by atoms with van der Waals surface area (Å²) in [6, 6.07) is 1.63. The SMILES string of the molecule is C=C(CCCC(C)N1CCCC2CCCCC21)NCCC1=CCC(C)C=C1. The predicted octanol–water partition coefficient (Wildman–Crippen LogP) is 6.22. The molecule has 1 N–H and O–H groups in total. The number of piperidine rings is 1. The average Bonchev–Trinajstić information content (AvgIpc) is 2.69. The van der Waals surface area contributed by atoms with Crippen LogP contribution >= 0.6 is 0 Å². The van der Waals surface area contributed by atoms with Gasteiger partial charge in [-0.25, -0.2) is 0 Å². The fourth-order valence-corrected chi connectivity index (χ4v) is 5.42. The molecule has 2 heteroatoms. The number of allylic oxidation sites excluding steroid dienone is 4. The number of nitrogens with zero attached hydrogens (tertiary/aromatic N) is 1. The Kier molecular flexibility index (Phi) is 8.06. The van der Waals surface area contributed by atoms with Gasteiger partial charge in [-0.1, -0.05) is 50.1 Å². The molecule has 1 saturated heterocycles. The monoisotopic (exact) mass is 370 g/mol. The predicted molar refractivity (Wildman–Crippen MR) is 118 cm³/mol. The highest BCUT2D eigenvalue weighted by molar-refractivity contribution is 5.23. The summed E-state index contributed by atoms with van der Waals surface area (Å²) in [5.41, 5.74) is 2.71. The van der Waals surface area contributed by atoms with E-state index < -0.39 is 0 Å². The van der Waals surface area contributed by atoms with Crippen LogP contribution in [0.3, 0.4) is 0 Å². The Morgan fingerprint density at radius 2 is 2.07 bits per heavy atom. The van der Waals surface area contributed by atoms with Crippen molar-refractivity contribution < 1.29 is 0 Å². The standard InChI is InChI=1S/C25H42N2/c1-20-13-15-23(16-14-20)17-18-26-21(2)8-6-9-22(3)27-19-7-11-24-10-4-5-12-25(24)27/h13,15-16,20,22,24-26H,2,4-12,14,17-19H2,1,3H3. The van der Waals surface area contributed by atoms with Crippen molar-refractivity contribution >= 4 is 0 Å². The average molecular weight is 371 g/mol. The molecule has 0 aromatic carbocycles. The molecule has 2 aliphatic carbocycles. The van der Waals surface area contributed by atoms with Gasteiger partial charge >= 0.3 is 0 Å². The van der Waals surface area contributed by atoms with Gasteiger partial charge in [0.25, 0.3) is 0 Å². The van der Waals surface area contributed by atoms with Crippen molar-refractivity contribution in [2.45, 2.75) is 96.6 Å². The number of hydrogen-bond donors (Lipinski definition) is 1. The van der Waals surface area contributed by atoms with Crippen molar-refractivity contribution in [1.82, 2.24) is 10.2 Å². The minimum Gasteiger partial charge on any atom is -0.388 e. The van der Waals surface area contributed by atoms with Gasteiger partial charge in [0.05, 0.1) is 0 Å². The highest BCUT2D eigenvalue weighted by Gasteiger charge is 2.34. The minimum absolute atomic E-state index is 0.711. The minimum atomic E-state index is 0.711. The van der Waals surface area contributed by atoms with E-state index in [-0.39, 0.29) is 0 Å². The maximum Gasteiger partial charge on any atom is 0.0184 e. The van der Waals surface area contributed by atoms with Crippen LogP contribution in [0.5, 0.6) is 0 Å². The van der Waals surface area contributed by atoms with Gasteiger partial charge in [-0.2, -0.15) is 0 Å². The highest BCUT2D eigenvalue weighted by Crippen LogP contribution is 2.36. The maximum absolute atomic E-state index is 4.26. The van der Waals surface area contributed by atoms with Crippen LogP contribution in [0.4, 0.5) is 0 Å². The Bertz CT molecular complexity index is 530. The van der Waals surface area contributed by atoms with E-state index in [2.05, 4.69) is 48.9 Å². The first-order valence-corrected chi connectivity index (χ1v) is 11.7. The van der Waals surface area contributed by atoms with E-state index in [1.54, 1.807) is 0 Å². The summed E-state index contributed by atoms with van der Waals surface area (Å²) in [7, 11) is 0. The Labute approximate surface area is 168 Å². The van der Waals surface area contributed by atoms with Gasteiger partial charge in [-0.05, 0) is 83.1 Å². The third-order valence-electron chi connectivity index (χ3n) is 7.13. The van der Waals surface area contributed by atoms with Crippen molar-refractivity contribution in [3.8, 4) is 0 Å². The molecule has 0 radical (unpaired) electrons. The van der Waals surface area contributed by atoms with E-state index in [9.17, 15) is 0 Å². The van der Waals surface area contributed by atoms with Crippen LogP contribution < -0.4 is 5.32 Å². The quantitative estimate of drug-likeness (QED) is 0.518. The second kappa shape index (κ2) is 10.5. The fourth-order valence-electron chi connectivity index (χ4n) is 5.42. The second-order valence-electron chi connectivity index (χ2n) is 9.36. The first kappa shape index (κ1) is 20.7. The fraction of sp³-hybridized carbons (Fsp3) is 0.760. The molecule has 0 aromatic heterocycles. The zero-order chi connectivity index (χ0) is 19.1. The molecular weight excluding hydrogens is 328 g/mol. The van der Waals surface area contributed by atoms with Gasteiger partial charge in [0, 0.05) is 24.3 Å². The van der Waals surface area contributed by atoms with E-state index in [1.165, 1.54) is 75.6 Å².